The molecule has 0 rings (SSSR count). The van der Waals surface area contributed by atoms with Crippen LogP contribution >= 0.6 is 15.6 Å². The van der Waals surface area contributed by atoms with E-state index in [0.717, 1.165) is 102 Å². The molecule has 504 valence electrons. The van der Waals surface area contributed by atoms with Gasteiger partial charge in [-0.25, -0.2) is 9.13 Å². The zero-order valence-corrected chi connectivity index (χ0v) is 56.9. The normalized spacial score (nSPS) is 14.6. The second-order valence-electron chi connectivity index (χ2n) is 25.1. The third kappa shape index (κ3) is 59.5. The van der Waals surface area contributed by atoms with Crippen molar-refractivity contribution in [3.8, 4) is 0 Å². The maximum atomic E-state index is 13.0. The van der Waals surface area contributed by atoms with E-state index < -0.39 is 97.5 Å². The maximum absolute atomic E-state index is 13.0. The molecule has 0 aliphatic rings. The Morgan fingerprint density at radius 3 is 0.894 bits per heavy atom. The molecule has 0 fully saturated rings. The van der Waals surface area contributed by atoms with Gasteiger partial charge in [0, 0.05) is 25.7 Å². The van der Waals surface area contributed by atoms with Gasteiger partial charge in [0.25, 0.3) is 0 Å². The quantitative estimate of drug-likeness (QED) is 0.0222. The van der Waals surface area contributed by atoms with E-state index in [0.29, 0.717) is 37.5 Å². The summed E-state index contributed by atoms with van der Waals surface area (Å²) in [5.41, 5.74) is 0. The summed E-state index contributed by atoms with van der Waals surface area (Å²) in [6.45, 7) is 11.7. The molecule has 0 bridgehead atoms. The van der Waals surface area contributed by atoms with Gasteiger partial charge in [0.1, 0.15) is 19.3 Å². The van der Waals surface area contributed by atoms with E-state index >= 15 is 0 Å². The molecule has 0 aliphatic heterocycles. The minimum Gasteiger partial charge on any atom is -0.462 e. The Kier molecular flexibility index (Phi) is 55.9. The topological polar surface area (TPSA) is 237 Å². The highest BCUT2D eigenvalue weighted by atomic mass is 31.2. The first kappa shape index (κ1) is 83.1. The van der Waals surface area contributed by atoms with E-state index in [1.807, 2.05) is 0 Å². The standard InChI is InChI=1S/C66H128O17P2/c1-8-10-11-12-13-14-15-16-17-21-24-33-40-47-63(68)76-53-61(82-65(70)49-42-35-25-22-19-18-20-23-32-39-46-59(7)9-2)55-80-84(72,73)78-51-60(67)52-79-85(74,75)81-56-62(83-66(71)50-43-36-29-27-31-38-45-58(5)6)54-77-64(69)48-41-34-28-26-30-37-44-57(3)4/h57-62,67H,8-56H2,1-7H3,(H,72,73)(H,74,75)/t59?,60-,61-,62-/m1/s1. The van der Waals surface area contributed by atoms with Gasteiger partial charge < -0.3 is 33.8 Å². The van der Waals surface area contributed by atoms with Crippen molar-refractivity contribution >= 4 is 39.5 Å². The molecule has 6 atom stereocenters. The molecule has 0 amide bonds. The van der Waals surface area contributed by atoms with E-state index in [4.69, 9.17) is 37.0 Å². The molecular formula is C66H128O17P2. The number of hydrogen-bond donors (Lipinski definition) is 3. The van der Waals surface area contributed by atoms with Gasteiger partial charge in [-0.3, -0.25) is 37.3 Å². The number of aliphatic hydroxyl groups excluding tert-OH is 1. The summed E-state index contributed by atoms with van der Waals surface area (Å²) >= 11 is 0. The monoisotopic (exact) mass is 1250 g/mol. The molecule has 85 heavy (non-hydrogen) atoms. The fraction of sp³-hybridized carbons (Fsp3) is 0.939. The van der Waals surface area contributed by atoms with Gasteiger partial charge in [0.2, 0.25) is 0 Å². The zero-order chi connectivity index (χ0) is 63.1. The fourth-order valence-corrected chi connectivity index (χ4v) is 11.4. The number of hydrogen-bond acceptors (Lipinski definition) is 15. The highest BCUT2D eigenvalue weighted by Crippen LogP contribution is 2.45. The number of unbranched alkanes of at least 4 members (excludes halogenated alkanes) is 31. The first-order valence-electron chi connectivity index (χ1n) is 34.4. The van der Waals surface area contributed by atoms with Crippen LogP contribution in [-0.4, -0.2) is 96.7 Å². The molecule has 0 saturated carbocycles. The molecule has 0 spiro atoms. The van der Waals surface area contributed by atoms with Gasteiger partial charge in [-0.2, -0.15) is 0 Å². The third-order valence-electron chi connectivity index (χ3n) is 15.5. The summed E-state index contributed by atoms with van der Waals surface area (Å²) in [5, 5.41) is 10.5. The summed E-state index contributed by atoms with van der Waals surface area (Å²) < 4.78 is 68.0. The van der Waals surface area contributed by atoms with Crippen molar-refractivity contribution < 1.29 is 80.2 Å². The number of esters is 4. The second-order valence-corrected chi connectivity index (χ2v) is 28.0. The predicted molar refractivity (Wildman–Crippen MR) is 340 cm³/mol. The van der Waals surface area contributed by atoms with Gasteiger partial charge in [-0.1, -0.05) is 273 Å². The Bertz CT molecular complexity index is 1680. The van der Waals surface area contributed by atoms with Crippen LogP contribution in [0.15, 0.2) is 0 Å². The first-order valence-corrected chi connectivity index (χ1v) is 37.4. The van der Waals surface area contributed by atoms with Crippen molar-refractivity contribution in [2.24, 2.45) is 17.8 Å². The number of phosphoric acid groups is 2. The molecule has 0 radical (unpaired) electrons. The van der Waals surface area contributed by atoms with Crippen LogP contribution in [-0.2, 0) is 65.4 Å². The zero-order valence-electron chi connectivity index (χ0n) is 55.1. The average Bonchev–Trinajstić information content (AvgIpc) is 3.49. The largest absolute Gasteiger partial charge is 0.472 e. The van der Waals surface area contributed by atoms with Crippen molar-refractivity contribution in [1.29, 1.82) is 0 Å². The summed E-state index contributed by atoms with van der Waals surface area (Å²) in [7, 11) is -9.89. The number of aliphatic hydroxyl groups is 1. The lowest BCUT2D eigenvalue weighted by Gasteiger charge is -2.21. The summed E-state index contributed by atoms with van der Waals surface area (Å²) in [5.74, 6) is 0.0143. The lowest BCUT2D eigenvalue weighted by Crippen LogP contribution is -2.30. The highest BCUT2D eigenvalue weighted by molar-refractivity contribution is 7.47. The Labute approximate surface area is 517 Å². The molecule has 0 aromatic rings. The number of rotatable bonds is 64. The van der Waals surface area contributed by atoms with Gasteiger partial charge in [-0.05, 0) is 43.4 Å². The van der Waals surface area contributed by atoms with Gasteiger partial charge in [0.15, 0.2) is 12.2 Å². The summed E-state index contributed by atoms with van der Waals surface area (Å²) in [6, 6.07) is 0. The molecule has 0 aromatic heterocycles. The van der Waals surface area contributed by atoms with Gasteiger partial charge >= 0.3 is 39.5 Å². The van der Waals surface area contributed by atoms with Crippen LogP contribution in [0.1, 0.15) is 325 Å². The summed E-state index contributed by atoms with van der Waals surface area (Å²) in [4.78, 5) is 72.3. The molecule has 3 unspecified atom stereocenters. The Balaban J connectivity index is 5.24. The van der Waals surface area contributed by atoms with E-state index in [1.165, 1.54) is 128 Å². The van der Waals surface area contributed by atoms with Crippen molar-refractivity contribution in [3.05, 3.63) is 0 Å². The van der Waals surface area contributed by atoms with Crippen LogP contribution in [0.5, 0.6) is 0 Å². The first-order chi connectivity index (χ1) is 40.8. The van der Waals surface area contributed by atoms with E-state index in [9.17, 15) is 43.2 Å². The molecular weight excluding hydrogens is 1130 g/mol. The van der Waals surface area contributed by atoms with Gasteiger partial charge in [0.05, 0.1) is 26.4 Å². The van der Waals surface area contributed by atoms with Crippen LogP contribution in [0.25, 0.3) is 0 Å². The van der Waals surface area contributed by atoms with Crippen molar-refractivity contribution in [1.82, 2.24) is 0 Å². The smallest absolute Gasteiger partial charge is 0.462 e. The van der Waals surface area contributed by atoms with Crippen molar-refractivity contribution in [3.63, 3.8) is 0 Å². The van der Waals surface area contributed by atoms with Gasteiger partial charge in [-0.15, -0.1) is 0 Å². The third-order valence-corrected chi connectivity index (χ3v) is 17.4. The minimum atomic E-state index is -4.95. The molecule has 0 aromatic carbocycles. The molecule has 3 N–H and O–H groups in total. The lowest BCUT2D eigenvalue weighted by atomic mass is 9.99. The maximum Gasteiger partial charge on any atom is 0.472 e. The second kappa shape index (κ2) is 57.2. The lowest BCUT2D eigenvalue weighted by molar-refractivity contribution is -0.161. The Morgan fingerprint density at radius 2 is 0.600 bits per heavy atom. The number of ether oxygens (including phenoxy) is 4. The fourth-order valence-electron chi connectivity index (χ4n) is 9.80. The van der Waals surface area contributed by atoms with Crippen LogP contribution in [0.3, 0.4) is 0 Å². The highest BCUT2D eigenvalue weighted by Gasteiger charge is 2.30. The van der Waals surface area contributed by atoms with E-state index in [-0.39, 0.29) is 25.7 Å². The van der Waals surface area contributed by atoms with Crippen molar-refractivity contribution in [2.75, 3.05) is 39.6 Å². The summed E-state index contributed by atoms with van der Waals surface area (Å²) in [6.07, 6.45) is 39.1. The number of phosphoric ester groups is 2. The SMILES string of the molecule is CCCCCCCCCCCCCCCC(=O)OC[C@H](COP(=O)(O)OC[C@@H](O)COP(=O)(O)OC[C@@H](COC(=O)CCCCCCCCC(C)C)OC(=O)CCCCCCCCC(C)C)OC(=O)CCCCCCCCCCCCC(C)CC. The van der Waals surface area contributed by atoms with Crippen LogP contribution in [0.4, 0.5) is 0 Å². The molecule has 17 nitrogen and oxygen atoms in total. The van der Waals surface area contributed by atoms with Crippen LogP contribution in [0, 0.1) is 17.8 Å². The number of carbonyl (C=O) groups is 4. The predicted octanol–water partition coefficient (Wildman–Crippen LogP) is 18.3. The minimum absolute atomic E-state index is 0.101. The number of carbonyl (C=O) groups excluding carboxylic acids is 4. The van der Waals surface area contributed by atoms with Crippen molar-refractivity contribution in [2.45, 2.75) is 343 Å². The van der Waals surface area contributed by atoms with E-state index in [2.05, 4.69) is 48.5 Å². The Hall–Kier alpha value is -1.94. The van der Waals surface area contributed by atoms with Crippen LogP contribution in [0.2, 0.25) is 0 Å². The average molecular weight is 1260 g/mol. The molecule has 0 heterocycles. The molecule has 19 heteroatoms. The Morgan fingerprint density at radius 1 is 0.341 bits per heavy atom. The molecule has 0 saturated heterocycles. The van der Waals surface area contributed by atoms with Crippen LogP contribution < -0.4 is 0 Å². The molecule has 0 aliphatic carbocycles. The van der Waals surface area contributed by atoms with E-state index in [1.54, 1.807) is 0 Å².